The van der Waals surface area contributed by atoms with E-state index in [1.807, 2.05) is 0 Å². The van der Waals surface area contributed by atoms with E-state index in [1.165, 1.54) is 16.4 Å². The molecule has 0 bridgehead atoms. The lowest BCUT2D eigenvalue weighted by atomic mass is 10.1. The molecule has 2 aliphatic rings. The summed E-state index contributed by atoms with van der Waals surface area (Å²) in [6.07, 6.45) is -0.422. The zero-order valence-electron chi connectivity index (χ0n) is 17.9. The van der Waals surface area contributed by atoms with Crippen molar-refractivity contribution in [3.05, 3.63) is 64.4 Å². The van der Waals surface area contributed by atoms with Crippen LogP contribution in [0.2, 0.25) is 0 Å². The summed E-state index contributed by atoms with van der Waals surface area (Å²) in [5.41, 5.74) is 0.540. The minimum absolute atomic E-state index is 0.0653. The standard InChI is InChI=1S/C23H24N2O7S/c26-23-17(10-16-11-21-22(12-20(16)24-23)32-9-8-31-21)13-25(14-18-15-29-6-7-30-18)33(27,28)19-4-2-1-3-5-19/h1-5,10-12,18H,6-9,13-15H2,(H,24,26). The number of fused-ring (bicyclic) bond motifs is 2. The predicted octanol–water partition coefficient (Wildman–Crippen LogP) is 1.91. The van der Waals surface area contributed by atoms with Crippen LogP contribution in [0, 0.1) is 0 Å². The van der Waals surface area contributed by atoms with Gasteiger partial charge < -0.3 is 23.9 Å². The third-order valence-corrected chi connectivity index (χ3v) is 7.43. The molecular weight excluding hydrogens is 448 g/mol. The van der Waals surface area contributed by atoms with Gasteiger partial charge in [-0.15, -0.1) is 0 Å². The highest BCUT2D eigenvalue weighted by Crippen LogP contribution is 2.33. The quantitative estimate of drug-likeness (QED) is 0.584. The van der Waals surface area contributed by atoms with E-state index in [0.29, 0.717) is 55.6 Å². The van der Waals surface area contributed by atoms with E-state index >= 15 is 0 Å². The lowest BCUT2D eigenvalue weighted by Crippen LogP contribution is -2.43. The highest BCUT2D eigenvalue weighted by Gasteiger charge is 2.29. The van der Waals surface area contributed by atoms with Crippen LogP contribution in [-0.4, -0.2) is 63.4 Å². The molecule has 5 rings (SSSR count). The van der Waals surface area contributed by atoms with Gasteiger partial charge in [0, 0.05) is 30.1 Å². The van der Waals surface area contributed by atoms with Crippen molar-refractivity contribution in [1.82, 2.24) is 9.29 Å². The van der Waals surface area contributed by atoms with Crippen molar-refractivity contribution in [1.29, 1.82) is 0 Å². The van der Waals surface area contributed by atoms with Crippen molar-refractivity contribution >= 4 is 20.9 Å². The number of nitrogens with one attached hydrogen (secondary N) is 1. The zero-order valence-corrected chi connectivity index (χ0v) is 18.7. The van der Waals surface area contributed by atoms with Crippen LogP contribution in [0.1, 0.15) is 5.56 Å². The maximum absolute atomic E-state index is 13.5. The Morgan fingerprint density at radius 3 is 2.45 bits per heavy atom. The minimum atomic E-state index is -3.88. The largest absolute Gasteiger partial charge is 0.486 e. The van der Waals surface area contributed by atoms with E-state index in [1.54, 1.807) is 36.4 Å². The summed E-state index contributed by atoms with van der Waals surface area (Å²) >= 11 is 0. The van der Waals surface area contributed by atoms with Gasteiger partial charge in [-0.1, -0.05) is 18.2 Å². The summed E-state index contributed by atoms with van der Waals surface area (Å²) in [4.78, 5) is 15.9. The molecule has 0 spiro atoms. The van der Waals surface area contributed by atoms with Crippen molar-refractivity contribution in [3.8, 4) is 11.5 Å². The Balaban J connectivity index is 1.51. The Labute approximate surface area is 190 Å². The molecule has 1 atom stereocenters. The highest BCUT2D eigenvalue weighted by atomic mass is 32.2. The van der Waals surface area contributed by atoms with Crippen LogP contribution in [0.3, 0.4) is 0 Å². The van der Waals surface area contributed by atoms with Gasteiger partial charge in [-0.3, -0.25) is 4.79 Å². The van der Waals surface area contributed by atoms with Crippen LogP contribution in [0.5, 0.6) is 11.5 Å². The van der Waals surface area contributed by atoms with Gasteiger partial charge in [-0.2, -0.15) is 4.31 Å². The van der Waals surface area contributed by atoms with Crippen molar-refractivity contribution in [3.63, 3.8) is 0 Å². The molecular formula is C23H24N2O7S. The normalized spacial score (nSPS) is 18.5. The first-order valence-electron chi connectivity index (χ1n) is 10.7. The van der Waals surface area contributed by atoms with Gasteiger partial charge in [0.05, 0.1) is 36.3 Å². The molecule has 1 unspecified atom stereocenters. The summed E-state index contributed by atoms with van der Waals surface area (Å²) in [7, 11) is -3.88. The molecule has 10 heteroatoms. The second-order valence-corrected chi connectivity index (χ2v) is 9.82. The average molecular weight is 473 g/mol. The number of aromatic amines is 1. The van der Waals surface area contributed by atoms with Gasteiger partial charge in [0.2, 0.25) is 10.0 Å². The van der Waals surface area contributed by atoms with Gasteiger partial charge in [-0.05, 0) is 24.3 Å². The second kappa shape index (κ2) is 9.14. The first kappa shape index (κ1) is 21.9. The summed E-state index contributed by atoms with van der Waals surface area (Å²) < 4.78 is 50.6. The predicted molar refractivity (Wildman–Crippen MR) is 120 cm³/mol. The number of H-pyrrole nitrogens is 1. The topological polar surface area (TPSA) is 107 Å². The SMILES string of the molecule is O=c1[nH]c2cc3c(cc2cc1CN(CC1COCCO1)S(=O)(=O)c1ccccc1)OCCO3. The Kier molecular flexibility index (Phi) is 6.07. The van der Waals surface area contributed by atoms with Crippen LogP contribution >= 0.6 is 0 Å². The molecule has 2 aromatic carbocycles. The summed E-state index contributed by atoms with van der Waals surface area (Å²) in [5.74, 6) is 1.16. The first-order chi connectivity index (χ1) is 16.0. The molecule has 1 saturated heterocycles. The van der Waals surface area contributed by atoms with Crippen molar-refractivity contribution < 1.29 is 27.4 Å². The van der Waals surface area contributed by atoms with Crippen LogP contribution < -0.4 is 15.0 Å². The van der Waals surface area contributed by atoms with Crippen LogP contribution in [-0.2, 0) is 26.0 Å². The van der Waals surface area contributed by atoms with Gasteiger partial charge >= 0.3 is 0 Å². The number of rotatable bonds is 6. The van der Waals surface area contributed by atoms with Crippen LogP contribution in [0.15, 0.2) is 58.2 Å². The minimum Gasteiger partial charge on any atom is -0.486 e. The summed E-state index contributed by atoms with van der Waals surface area (Å²) in [6.45, 7) is 2.00. The third-order valence-electron chi connectivity index (χ3n) is 5.60. The molecule has 33 heavy (non-hydrogen) atoms. The van der Waals surface area contributed by atoms with Crippen molar-refractivity contribution in [2.24, 2.45) is 0 Å². The first-order valence-corrected chi connectivity index (χ1v) is 12.1. The van der Waals surface area contributed by atoms with Crippen molar-refractivity contribution in [2.45, 2.75) is 17.5 Å². The molecule has 1 aromatic heterocycles. The molecule has 1 fully saturated rings. The Morgan fingerprint density at radius 1 is 0.970 bits per heavy atom. The number of benzene rings is 2. The summed E-state index contributed by atoms with van der Waals surface area (Å²) in [6, 6.07) is 13.4. The molecule has 174 valence electrons. The van der Waals surface area contributed by atoms with Gasteiger partial charge in [0.25, 0.3) is 5.56 Å². The Hall–Kier alpha value is -2.92. The maximum atomic E-state index is 13.5. The molecule has 3 heterocycles. The fraction of sp³-hybridized carbons (Fsp3) is 0.348. The Morgan fingerprint density at radius 2 is 1.73 bits per heavy atom. The molecule has 9 nitrogen and oxygen atoms in total. The van der Waals surface area contributed by atoms with E-state index in [-0.39, 0.29) is 23.5 Å². The number of pyridine rings is 1. The van der Waals surface area contributed by atoms with Crippen LogP contribution in [0.25, 0.3) is 10.9 Å². The fourth-order valence-corrected chi connectivity index (χ4v) is 5.42. The molecule has 2 aliphatic heterocycles. The molecule has 0 amide bonds. The molecule has 0 radical (unpaired) electrons. The van der Waals surface area contributed by atoms with Crippen molar-refractivity contribution in [2.75, 3.05) is 39.6 Å². The second-order valence-electron chi connectivity index (χ2n) is 7.89. The maximum Gasteiger partial charge on any atom is 0.252 e. The third kappa shape index (κ3) is 4.60. The van der Waals surface area contributed by atoms with E-state index in [2.05, 4.69) is 4.98 Å². The molecule has 3 aromatic rings. The zero-order chi connectivity index (χ0) is 22.8. The smallest absolute Gasteiger partial charge is 0.252 e. The lowest BCUT2D eigenvalue weighted by Gasteiger charge is -2.29. The Bertz CT molecular complexity index is 1300. The number of ether oxygens (including phenoxy) is 4. The highest BCUT2D eigenvalue weighted by molar-refractivity contribution is 7.89. The monoisotopic (exact) mass is 472 g/mol. The van der Waals surface area contributed by atoms with E-state index in [4.69, 9.17) is 18.9 Å². The molecule has 0 aliphatic carbocycles. The number of sulfonamides is 1. The van der Waals surface area contributed by atoms with E-state index < -0.39 is 16.1 Å². The van der Waals surface area contributed by atoms with Gasteiger partial charge in [-0.25, -0.2) is 8.42 Å². The van der Waals surface area contributed by atoms with Crippen LogP contribution in [0.4, 0.5) is 0 Å². The fourth-order valence-electron chi connectivity index (χ4n) is 3.95. The average Bonchev–Trinajstić information content (AvgIpc) is 2.84. The number of hydrogen-bond acceptors (Lipinski definition) is 7. The molecule has 1 N–H and O–H groups in total. The summed E-state index contributed by atoms with van der Waals surface area (Å²) in [5, 5.41) is 0.725. The number of aromatic nitrogens is 1. The van der Waals surface area contributed by atoms with Gasteiger partial charge in [0.15, 0.2) is 11.5 Å². The molecule has 0 saturated carbocycles. The number of hydrogen-bond donors (Lipinski definition) is 1. The number of nitrogens with zero attached hydrogens (tertiary/aromatic N) is 1. The van der Waals surface area contributed by atoms with E-state index in [0.717, 1.165) is 5.39 Å². The van der Waals surface area contributed by atoms with E-state index in [9.17, 15) is 13.2 Å². The lowest BCUT2D eigenvalue weighted by molar-refractivity contribution is -0.0923. The van der Waals surface area contributed by atoms with Gasteiger partial charge in [0.1, 0.15) is 13.2 Å².